The van der Waals surface area contributed by atoms with Crippen molar-refractivity contribution in [3.63, 3.8) is 0 Å². The molecule has 0 radical (unpaired) electrons. The molecule has 0 bridgehead atoms. The van der Waals surface area contributed by atoms with Crippen LogP contribution in [0.5, 0.6) is 0 Å². The van der Waals surface area contributed by atoms with Gasteiger partial charge in [0.25, 0.3) is 0 Å². The number of hydrogen-bond donors (Lipinski definition) is 1. The Bertz CT molecular complexity index is 489. The maximum absolute atomic E-state index is 12.9. The van der Waals surface area contributed by atoms with Crippen LogP contribution in [0.25, 0.3) is 0 Å². The van der Waals surface area contributed by atoms with Gasteiger partial charge in [0.15, 0.2) is 0 Å². The molecule has 6 heteroatoms. The van der Waals surface area contributed by atoms with Crippen LogP contribution in [0.1, 0.15) is 26.3 Å². The molecule has 1 N–H and O–H groups in total. The molecule has 118 valence electrons. The van der Waals surface area contributed by atoms with E-state index in [-0.39, 0.29) is 11.9 Å². The highest BCUT2D eigenvalue weighted by atomic mass is 35.5. The third kappa shape index (κ3) is 6.78. The van der Waals surface area contributed by atoms with Crippen molar-refractivity contribution in [2.45, 2.75) is 32.9 Å². The quantitative estimate of drug-likeness (QED) is 0.846. The summed E-state index contributed by atoms with van der Waals surface area (Å²) in [5, 5.41) is 3.55. The van der Waals surface area contributed by atoms with Gasteiger partial charge in [0.05, 0.1) is 0 Å². The third-order valence-electron chi connectivity index (χ3n) is 2.66. The molecule has 0 aliphatic carbocycles. The molecule has 0 aliphatic heterocycles. The molecule has 1 amide bonds. The predicted octanol–water partition coefficient (Wildman–Crippen LogP) is 3.44. The van der Waals surface area contributed by atoms with Crippen molar-refractivity contribution in [3.8, 4) is 0 Å². The van der Waals surface area contributed by atoms with Crippen molar-refractivity contribution < 1.29 is 13.9 Å². The van der Waals surface area contributed by atoms with Gasteiger partial charge in [0, 0.05) is 31.7 Å². The Labute approximate surface area is 130 Å². The minimum Gasteiger partial charge on any atom is -0.444 e. The van der Waals surface area contributed by atoms with E-state index in [0.29, 0.717) is 24.7 Å². The largest absolute Gasteiger partial charge is 0.444 e. The van der Waals surface area contributed by atoms with Gasteiger partial charge in [-0.05, 0) is 38.5 Å². The summed E-state index contributed by atoms with van der Waals surface area (Å²) in [6, 6.07) is 4.29. The second-order valence-corrected chi connectivity index (χ2v) is 6.22. The Morgan fingerprint density at radius 3 is 2.67 bits per heavy atom. The number of nitrogens with one attached hydrogen (secondary N) is 1. The zero-order chi connectivity index (χ0) is 16.0. The highest BCUT2D eigenvalue weighted by Crippen LogP contribution is 2.16. The Kier molecular flexibility index (Phi) is 6.42. The van der Waals surface area contributed by atoms with Gasteiger partial charge in [0.2, 0.25) is 0 Å². The van der Waals surface area contributed by atoms with Crippen LogP contribution in [0.4, 0.5) is 9.18 Å². The van der Waals surface area contributed by atoms with Crippen LogP contribution in [0.2, 0.25) is 5.02 Å². The number of carbonyl (C=O) groups excluding carboxylic acids is 1. The fourth-order valence-corrected chi connectivity index (χ4v) is 1.80. The lowest BCUT2D eigenvalue weighted by Crippen LogP contribution is -2.37. The smallest absolute Gasteiger partial charge is 0.410 e. The van der Waals surface area contributed by atoms with Gasteiger partial charge < -0.3 is 15.0 Å². The Balaban J connectivity index is 2.32. The van der Waals surface area contributed by atoms with Crippen molar-refractivity contribution in [2.75, 3.05) is 20.1 Å². The summed E-state index contributed by atoms with van der Waals surface area (Å²) < 4.78 is 18.1. The Hall–Kier alpha value is -1.33. The number of carbonyl (C=O) groups is 1. The van der Waals surface area contributed by atoms with E-state index in [4.69, 9.17) is 16.3 Å². The molecule has 1 rings (SSSR count). The number of benzene rings is 1. The molecule has 0 aromatic heterocycles. The van der Waals surface area contributed by atoms with Crippen molar-refractivity contribution >= 4 is 17.7 Å². The number of hydrogen-bond acceptors (Lipinski definition) is 3. The van der Waals surface area contributed by atoms with Gasteiger partial charge in [-0.1, -0.05) is 17.7 Å². The maximum Gasteiger partial charge on any atom is 0.410 e. The molecule has 1 aromatic rings. The number of amides is 1. The highest BCUT2D eigenvalue weighted by molar-refractivity contribution is 6.31. The summed E-state index contributed by atoms with van der Waals surface area (Å²) >= 11 is 5.93. The zero-order valence-corrected chi connectivity index (χ0v) is 13.6. The summed E-state index contributed by atoms with van der Waals surface area (Å²) in [6.45, 7) is 7.09. The molecule has 1 aromatic carbocycles. The summed E-state index contributed by atoms with van der Waals surface area (Å²) in [7, 11) is 1.68. The average Bonchev–Trinajstić information content (AvgIpc) is 2.34. The lowest BCUT2D eigenvalue weighted by atomic mass is 10.2. The molecule has 0 spiro atoms. The average molecular weight is 317 g/mol. The van der Waals surface area contributed by atoms with Crippen LogP contribution in [0.3, 0.4) is 0 Å². The summed E-state index contributed by atoms with van der Waals surface area (Å²) in [5.74, 6) is -0.353. The second kappa shape index (κ2) is 7.61. The topological polar surface area (TPSA) is 41.6 Å². The SMILES string of the molecule is CN(CCNCc1ccc(F)cc1Cl)C(=O)OC(C)(C)C. The van der Waals surface area contributed by atoms with E-state index >= 15 is 0 Å². The number of halogens is 2. The van der Waals surface area contributed by atoms with Crippen LogP contribution < -0.4 is 5.32 Å². The van der Waals surface area contributed by atoms with E-state index in [1.165, 1.54) is 17.0 Å². The first-order chi connectivity index (χ1) is 9.69. The van der Waals surface area contributed by atoms with E-state index in [1.54, 1.807) is 13.1 Å². The van der Waals surface area contributed by atoms with Crippen LogP contribution in [0, 0.1) is 5.82 Å². The van der Waals surface area contributed by atoms with Gasteiger partial charge in [-0.2, -0.15) is 0 Å². The van der Waals surface area contributed by atoms with Crippen molar-refractivity contribution in [1.29, 1.82) is 0 Å². The first-order valence-electron chi connectivity index (χ1n) is 6.78. The molecule has 0 atom stereocenters. The van der Waals surface area contributed by atoms with Gasteiger partial charge in [-0.3, -0.25) is 0 Å². The number of rotatable bonds is 5. The zero-order valence-electron chi connectivity index (χ0n) is 12.9. The molecule has 0 fully saturated rings. The van der Waals surface area contributed by atoms with E-state index in [1.807, 2.05) is 20.8 Å². The fourth-order valence-electron chi connectivity index (χ4n) is 1.57. The molecule has 0 saturated carbocycles. The summed E-state index contributed by atoms with van der Waals surface area (Å²) in [4.78, 5) is 13.2. The standard InChI is InChI=1S/C15H22ClFN2O2/c1-15(2,3)21-14(20)19(4)8-7-18-10-11-5-6-12(17)9-13(11)16/h5-6,9,18H,7-8,10H2,1-4H3. The van der Waals surface area contributed by atoms with Crippen LogP contribution in [-0.2, 0) is 11.3 Å². The van der Waals surface area contributed by atoms with E-state index in [0.717, 1.165) is 5.56 Å². The minimum atomic E-state index is -0.500. The van der Waals surface area contributed by atoms with Gasteiger partial charge >= 0.3 is 6.09 Å². The first kappa shape index (κ1) is 17.7. The second-order valence-electron chi connectivity index (χ2n) is 5.81. The summed E-state index contributed by atoms with van der Waals surface area (Å²) in [5.41, 5.74) is 0.318. The van der Waals surface area contributed by atoms with Crippen LogP contribution in [-0.4, -0.2) is 36.7 Å². The molecule has 0 saturated heterocycles. The highest BCUT2D eigenvalue weighted by Gasteiger charge is 2.19. The molecule has 0 aliphatic rings. The Morgan fingerprint density at radius 1 is 1.43 bits per heavy atom. The fraction of sp³-hybridized carbons (Fsp3) is 0.533. The molecule has 21 heavy (non-hydrogen) atoms. The van der Waals surface area contributed by atoms with Crippen molar-refractivity contribution in [3.05, 3.63) is 34.6 Å². The van der Waals surface area contributed by atoms with E-state index in [2.05, 4.69) is 5.32 Å². The third-order valence-corrected chi connectivity index (χ3v) is 3.01. The first-order valence-corrected chi connectivity index (χ1v) is 7.15. The van der Waals surface area contributed by atoms with E-state index in [9.17, 15) is 9.18 Å². The van der Waals surface area contributed by atoms with Crippen molar-refractivity contribution in [1.82, 2.24) is 10.2 Å². The molecular formula is C15H22ClFN2O2. The normalized spacial score (nSPS) is 11.3. The molecular weight excluding hydrogens is 295 g/mol. The number of likely N-dealkylation sites (N-methyl/N-ethyl adjacent to an activating group) is 1. The number of nitrogens with zero attached hydrogens (tertiary/aromatic N) is 1. The van der Waals surface area contributed by atoms with E-state index < -0.39 is 5.60 Å². The molecule has 0 unspecified atom stereocenters. The number of ether oxygens (including phenoxy) is 1. The Morgan fingerprint density at radius 2 is 2.10 bits per heavy atom. The monoisotopic (exact) mass is 316 g/mol. The predicted molar refractivity (Wildman–Crippen MR) is 82.0 cm³/mol. The van der Waals surface area contributed by atoms with Crippen LogP contribution in [0.15, 0.2) is 18.2 Å². The van der Waals surface area contributed by atoms with Crippen LogP contribution >= 0.6 is 11.6 Å². The molecule has 4 nitrogen and oxygen atoms in total. The summed E-state index contributed by atoms with van der Waals surface area (Å²) in [6.07, 6.45) is -0.357. The molecule has 0 heterocycles. The van der Waals surface area contributed by atoms with Gasteiger partial charge in [0.1, 0.15) is 11.4 Å². The lowest BCUT2D eigenvalue weighted by molar-refractivity contribution is 0.0300. The minimum absolute atomic E-state index is 0.353. The lowest BCUT2D eigenvalue weighted by Gasteiger charge is -2.24. The van der Waals surface area contributed by atoms with Gasteiger partial charge in [-0.15, -0.1) is 0 Å². The maximum atomic E-state index is 12.9. The van der Waals surface area contributed by atoms with Crippen molar-refractivity contribution in [2.24, 2.45) is 0 Å². The van der Waals surface area contributed by atoms with Gasteiger partial charge in [-0.25, -0.2) is 9.18 Å².